The third-order valence-corrected chi connectivity index (χ3v) is 7.08. The van der Waals surface area contributed by atoms with Gasteiger partial charge >= 0.3 is 0 Å². The molecular weight excluding hydrogens is 382 g/mol. The van der Waals surface area contributed by atoms with Gasteiger partial charge in [-0.05, 0) is 101 Å². The van der Waals surface area contributed by atoms with Gasteiger partial charge < -0.3 is 9.47 Å². The van der Waals surface area contributed by atoms with E-state index in [0.717, 1.165) is 43.4 Å². The molecule has 0 spiro atoms. The van der Waals surface area contributed by atoms with E-state index in [1.807, 2.05) is 6.92 Å². The average Bonchev–Trinajstić information content (AvgIpc) is 2.77. The second kappa shape index (κ2) is 11.7. The van der Waals surface area contributed by atoms with Gasteiger partial charge in [0.2, 0.25) is 11.6 Å². The maximum Gasteiger partial charge on any atom is 0.204 e. The van der Waals surface area contributed by atoms with Crippen molar-refractivity contribution < 1.29 is 18.3 Å². The van der Waals surface area contributed by atoms with Gasteiger partial charge in [-0.25, -0.2) is 0 Å². The number of allylic oxidation sites excluding steroid dienone is 2. The van der Waals surface area contributed by atoms with Crippen molar-refractivity contribution >= 4 is 0 Å². The van der Waals surface area contributed by atoms with Crippen molar-refractivity contribution in [3.8, 4) is 11.5 Å². The van der Waals surface area contributed by atoms with E-state index in [0.29, 0.717) is 19.1 Å². The molecule has 1 aromatic rings. The van der Waals surface area contributed by atoms with Gasteiger partial charge in [-0.1, -0.05) is 25.5 Å². The fourth-order valence-corrected chi connectivity index (χ4v) is 5.18. The smallest absolute Gasteiger partial charge is 0.204 e. The largest absolute Gasteiger partial charge is 0.490 e. The van der Waals surface area contributed by atoms with Crippen LogP contribution >= 0.6 is 0 Å². The summed E-state index contributed by atoms with van der Waals surface area (Å²) in [4.78, 5) is 0. The van der Waals surface area contributed by atoms with Crippen LogP contribution in [0.4, 0.5) is 8.78 Å². The molecule has 3 rings (SSSR count). The van der Waals surface area contributed by atoms with E-state index in [1.165, 1.54) is 50.7 Å². The maximum absolute atomic E-state index is 14.3. The zero-order chi connectivity index (χ0) is 21.3. The highest BCUT2D eigenvalue weighted by atomic mass is 19.2. The quantitative estimate of drug-likeness (QED) is 0.301. The number of hydrogen-bond donors (Lipinski definition) is 0. The van der Waals surface area contributed by atoms with Gasteiger partial charge in [-0.15, -0.1) is 0 Å². The van der Waals surface area contributed by atoms with E-state index >= 15 is 0 Å². The Morgan fingerprint density at radius 1 is 0.867 bits per heavy atom. The third-order valence-electron chi connectivity index (χ3n) is 7.08. The van der Waals surface area contributed by atoms with E-state index in [-0.39, 0.29) is 11.5 Å². The Balaban J connectivity index is 1.42. The molecule has 0 saturated heterocycles. The monoisotopic (exact) mass is 420 g/mol. The van der Waals surface area contributed by atoms with Crippen molar-refractivity contribution in [3.63, 3.8) is 0 Å². The summed E-state index contributed by atoms with van der Waals surface area (Å²) in [6.07, 6.45) is 16.5. The van der Waals surface area contributed by atoms with Gasteiger partial charge in [0, 0.05) is 0 Å². The van der Waals surface area contributed by atoms with E-state index < -0.39 is 11.6 Å². The molecule has 0 bridgehead atoms. The van der Waals surface area contributed by atoms with Crippen LogP contribution in [0.5, 0.6) is 11.5 Å². The fourth-order valence-electron chi connectivity index (χ4n) is 5.18. The molecule has 1 aromatic carbocycles. The van der Waals surface area contributed by atoms with E-state index in [2.05, 4.69) is 19.1 Å². The minimum absolute atomic E-state index is 0.000216. The molecule has 4 heteroatoms. The van der Waals surface area contributed by atoms with Crippen molar-refractivity contribution in [2.24, 2.45) is 23.7 Å². The molecule has 0 unspecified atom stereocenters. The zero-order valence-corrected chi connectivity index (χ0v) is 18.7. The lowest BCUT2D eigenvalue weighted by molar-refractivity contribution is 0.127. The summed E-state index contributed by atoms with van der Waals surface area (Å²) in [7, 11) is 0. The Hall–Kier alpha value is -1.58. The number of benzene rings is 1. The normalized spacial score (nSPS) is 27.3. The van der Waals surface area contributed by atoms with Crippen LogP contribution in [-0.2, 0) is 0 Å². The molecular formula is C26H38F2O2. The van der Waals surface area contributed by atoms with Crippen LogP contribution in [0.2, 0.25) is 0 Å². The van der Waals surface area contributed by atoms with Crippen LogP contribution in [0.3, 0.4) is 0 Å². The summed E-state index contributed by atoms with van der Waals surface area (Å²) in [6.45, 7) is 5.01. The Morgan fingerprint density at radius 3 is 2.00 bits per heavy atom. The van der Waals surface area contributed by atoms with Gasteiger partial charge in [0.1, 0.15) is 0 Å². The summed E-state index contributed by atoms with van der Waals surface area (Å²) in [5.41, 5.74) is 0. The summed E-state index contributed by atoms with van der Waals surface area (Å²) >= 11 is 0. The van der Waals surface area contributed by atoms with Crippen molar-refractivity contribution in [1.29, 1.82) is 0 Å². The molecule has 2 nitrogen and oxygen atoms in total. The second-order valence-electron chi connectivity index (χ2n) is 9.18. The van der Waals surface area contributed by atoms with Crippen LogP contribution in [-0.4, -0.2) is 13.2 Å². The van der Waals surface area contributed by atoms with E-state index in [4.69, 9.17) is 9.47 Å². The SMILES string of the molecule is C/C=C/C1CCC(C2CCC(COc3ccc(OCCCC)c(F)c3F)CC2)CC1. The minimum atomic E-state index is -0.944. The Bertz CT molecular complexity index is 672. The molecule has 0 aliphatic heterocycles. The van der Waals surface area contributed by atoms with Crippen LogP contribution in [0.25, 0.3) is 0 Å². The van der Waals surface area contributed by atoms with Crippen molar-refractivity contribution in [2.45, 2.75) is 78.1 Å². The van der Waals surface area contributed by atoms with E-state index in [9.17, 15) is 8.78 Å². The number of halogens is 2. The summed E-state index contributed by atoms with van der Waals surface area (Å²) in [6, 6.07) is 2.97. The average molecular weight is 421 g/mol. The minimum Gasteiger partial charge on any atom is -0.490 e. The number of rotatable bonds is 9. The number of ether oxygens (including phenoxy) is 2. The maximum atomic E-state index is 14.3. The van der Waals surface area contributed by atoms with E-state index in [1.54, 1.807) is 0 Å². The lowest BCUT2D eigenvalue weighted by Crippen LogP contribution is -2.27. The molecule has 2 fully saturated rings. The first-order valence-corrected chi connectivity index (χ1v) is 12.0. The summed E-state index contributed by atoms with van der Waals surface area (Å²) < 4.78 is 39.5. The van der Waals surface area contributed by atoms with Gasteiger partial charge in [0.25, 0.3) is 0 Å². The molecule has 2 saturated carbocycles. The van der Waals surface area contributed by atoms with Crippen molar-refractivity contribution in [1.82, 2.24) is 0 Å². The van der Waals surface area contributed by atoms with Crippen molar-refractivity contribution in [3.05, 3.63) is 35.9 Å². The molecule has 0 aromatic heterocycles. The Kier molecular flexibility index (Phi) is 9.02. The molecule has 2 aliphatic carbocycles. The van der Waals surface area contributed by atoms with Gasteiger partial charge in [-0.3, -0.25) is 0 Å². The summed E-state index contributed by atoms with van der Waals surface area (Å²) in [5, 5.41) is 0. The van der Waals surface area contributed by atoms with Crippen LogP contribution in [0, 0.1) is 35.3 Å². The molecule has 30 heavy (non-hydrogen) atoms. The molecule has 0 atom stereocenters. The van der Waals surface area contributed by atoms with Gasteiger partial charge in [0.15, 0.2) is 11.5 Å². The second-order valence-corrected chi connectivity index (χ2v) is 9.18. The van der Waals surface area contributed by atoms with Crippen molar-refractivity contribution in [2.75, 3.05) is 13.2 Å². The van der Waals surface area contributed by atoms with Crippen LogP contribution in [0.1, 0.15) is 78.1 Å². The third kappa shape index (κ3) is 6.21. The molecule has 0 N–H and O–H groups in total. The molecule has 168 valence electrons. The predicted molar refractivity (Wildman–Crippen MR) is 118 cm³/mol. The lowest BCUT2D eigenvalue weighted by Gasteiger charge is -2.37. The highest BCUT2D eigenvalue weighted by molar-refractivity contribution is 5.35. The predicted octanol–water partition coefficient (Wildman–Crippen LogP) is 7.71. The topological polar surface area (TPSA) is 18.5 Å². The first-order chi connectivity index (χ1) is 14.6. The molecule has 0 heterocycles. The molecule has 0 amide bonds. The van der Waals surface area contributed by atoms with Crippen LogP contribution in [0.15, 0.2) is 24.3 Å². The lowest BCUT2D eigenvalue weighted by atomic mass is 9.69. The fraction of sp³-hybridized carbons (Fsp3) is 0.692. The van der Waals surface area contributed by atoms with Crippen LogP contribution < -0.4 is 9.47 Å². The number of hydrogen-bond acceptors (Lipinski definition) is 2. The zero-order valence-electron chi connectivity index (χ0n) is 18.7. The highest BCUT2D eigenvalue weighted by Crippen LogP contribution is 2.41. The Morgan fingerprint density at radius 2 is 1.43 bits per heavy atom. The van der Waals surface area contributed by atoms with Gasteiger partial charge in [-0.2, -0.15) is 8.78 Å². The molecule has 2 aliphatic rings. The highest BCUT2D eigenvalue weighted by Gasteiger charge is 2.30. The standard InChI is InChI=1S/C26H38F2O2/c1-3-5-17-29-23-15-16-24(26(28)25(23)27)30-18-20-9-13-22(14-10-20)21-11-7-19(6-4-2)8-12-21/h4,6,15-16,19-22H,3,5,7-14,17-18H2,1-2H3/b6-4+. The first-order valence-electron chi connectivity index (χ1n) is 12.0. The molecule has 0 radical (unpaired) electrons. The number of unbranched alkanes of at least 4 members (excludes halogenated alkanes) is 1. The Labute approximate surface area is 181 Å². The summed E-state index contributed by atoms with van der Waals surface area (Å²) in [5.74, 6) is 1.02. The first kappa shape index (κ1) is 23.1. The van der Waals surface area contributed by atoms with Gasteiger partial charge in [0.05, 0.1) is 13.2 Å².